The molecule has 0 aliphatic rings. The minimum atomic E-state index is 0.388. The first-order chi connectivity index (χ1) is 10.9. The van der Waals surface area contributed by atoms with Crippen molar-refractivity contribution in [3.8, 4) is 0 Å². The zero-order valence-corrected chi connectivity index (χ0v) is 14.5. The largest absolute Gasteiger partial charge is 0.489 e. The van der Waals surface area contributed by atoms with Crippen LogP contribution < -0.4 is 0 Å². The van der Waals surface area contributed by atoms with Crippen LogP contribution in [0, 0.1) is 0 Å². The van der Waals surface area contributed by atoms with Gasteiger partial charge in [0.1, 0.15) is 12.4 Å². The van der Waals surface area contributed by atoms with Crippen LogP contribution in [-0.2, 0) is 4.74 Å². The van der Waals surface area contributed by atoms with E-state index in [9.17, 15) is 0 Å². The van der Waals surface area contributed by atoms with Crippen LogP contribution in [0.2, 0.25) is 0 Å². The Bertz CT molecular complexity index is 591. The van der Waals surface area contributed by atoms with E-state index in [4.69, 9.17) is 4.74 Å². The van der Waals surface area contributed by atoms with Crippen molar-refractivity contribution in [3.63, 3.8) is 0 Å². The summed E-state index contributed by atoms with van der Waals surface area (Å²) in [5.41, 5.74) is 4.63. The fraction of sp³-hybridized carbons (Fsp3) is 0.182. The van der Waals surface area contributed by atoms with E-state index in [0.717, 1.165) is 40.0 Å². The van der Waals surface area contributed by atoms with Crippen LogP contribution in [0.3, 0.4) is 0 Å². The van der Waals surface area contributed by atoms with Gasteiger partial charge in [0.15, 0.2) is 0 Å². The van der Waals surface area contributed by atoms with Gasteiger partial charge in [-0.3, -0.25) is 0 Å². The fourth-order valence-corrected chi connectivity index (χ4v) is 1.77. The van der Waals surface area contributed by atoms with Crippen LogP contribution in [0.4, 0.5) is 0 Å². The van der Waals surface area contributed by atoms with Gasteiger partial charge in [0.05, 0.1) is 0 Å². The molecule has 0 bridgehead atoms. The van der Waals surface area contributed by atoms with E-state index in [1.54, 1.807) is 24.3 Å². The highest BCUT2D eigenvalue weighted by Crippen LogP contribution is 2.17. The Morgan fingerprint density at radius 2 is 1.48 bits per heavy atom. The molecule has 0 saturated carbocycles. The summed E-state index contributed by atoms with van der Waals surface area (Å²) in [4.78, 5) is 0. The Labute approximate surface area is 141 Å². The molecule has 0 atom stereocenters. The van der Waals surface area contributed by atoms with E-state index >= 15 is 0 Å². The first kappa shape index (κ1) is 20.5. The van der Waals surface area contributed by atoms with Crippen LogP contribution in [0.1, 0.15) is 20.3 Å². The van der Waals surface area contributed by atoms with Crippen molar-refractivity contribution >= 4 is 0 Å². The molecular weight excluding hydrogens is 280 g/mol. The SMILES string of the molecule is C=C/C(C)=C\C(=C)C(=C)/C=C(\C=C)CO/C(C=C)=C(/C=C)CC. The van der Waals surface area contributed by atoms with Crippen LogP contribution in [-0.4, -0.2) is 6.61 Å². The van der Waals surface area contributed by atoms with Crippen LogP contribution in [0.15, 0.2) is 110 Å². The molecule has 23 heavy (non-hydrogen) atoms. The summed E-state index contributed by atoms with van der Waals surface area (Å²) in [6.07, 6.45) is 11.7. The number of hydrogen-bond donors (Lipinski definition) is 0. The molecule has 0 aromatic carbocycles. The minimum absolute atomic E-state index is 0.388. The second-order valence-corrected chi connectivity index (χ2v) is 5.01. The molecule has 122 valence electrons. The van der Waals surface area contributed by atoms with Crippen molar-refractivity contribution in [3.05, 3.63) is 110 Å². The fourth-order valence-electron chi connectivity index (χ4n) is 1.77. The van der Waals surface area contributed by atoms with Crippen molar-refractivity contribution in [1.82, 2.24) is 0 Å². The summed E-state index contributed by atoms with van der Waals surface area (Å²) in [6, 6.07) is 0. The van der Waals surface area contributed by atoms with Gasteiger partial charge in [0.2, 0.25) is 0 Å². The smallest absolute Gasteiger partial charge is 0.122 e. The van der Waals surface area contributed by atoms with Gasteiger partial charge in [0, 0.05) is 0 Å². The maximum atomic E-state index is 5.82. The van der Waals surface area contributed by atoms with E-state index in [0.29, 0.717) is 6.61 Å². The Hall–Kier alpha value is -2.54. The van der Waals surface area contributed by atoms with Gasteiger partial charge in [-0.05, 0) is 47.8 Å². The minimum Gasteiger partial charge on any atom is -0.489 e. The third kappa shape index (κ3) is 7.32. The average Bonchev–Trinajstić information content (AvgIpc) is 2.56. The van der Waals surface area contributed by atoms with Gasteiger partial charge in [0.25, 0.3) is 0 Å². The monoisotopic (exact) mass is 308 g/mol. The van der Waals surface area contributed by atoms with Gasteiger partial charge in [-0.15, -0.1) is 0 Å². The lowest BCUT2D eigenvalue weighted by atomic mass is 10.0. The molecule has 0 N–H and O–H groups in total. The highest BCUT2D eigenvalue weighted by atomic mass is 16.5. The van der Waals surface area contributed by atoms with Crippen molar-refractivity contribution in [1.29, 1.82) is 0 Å². The predicted octanol–water partition coefficient (Wildman–Crippen LogP) is 6.40. The van der Waals surface area contributed by atoms with Crippen LogP contribution in [0.25, 0.3) is 0 Å². The van der Waals surface area contributed by atoms with Crippen LogP contribution >= 0.6 is 0 Å². The summed E-state index contributed by atoms with van der Waals surface area (Å²) in [5.74, 6) is 0.738. The Morgan fingerprint density at radius 3 is 1.91 bits per heavy atom. The van der Waals surface area contributed by atoms with Crippen LogP contribution in [0.5, 0.6) is 0 Å². The van der Waals surface area contributed by atoms with Gasteiger partial charge >= 0.3 is 0 Å². The lowest BCUT2D eigenvalue weighted by Crippen LogP contribution is -1.99. The maximum Gasteiger partial charge on any atom is 0.122 e. The molecule has 1 heteroatoms. The maximum absolute atomic E-state index is 5.82. The zero-order valence-electron chi connectivity index (χ0n) is 14.5. The first-order valence-electron chi connectivity index (χ1n) is 7.56. The molecule has 0 rings (SSSR count). The molecule has 0 aromatic heterocycles. The first-order valence-corrected chi connectivity index (χ1v) is 7.56. The summed E-state index contributed by atoms with van der Waals surface area (Å²) < 4.78 is 5.82. The Kier molecular flexibility index (Phi) is 9.86. The molecular formula is C22H28O. The molecule has 0 heterocycles. The molecule has 0 spiro atoms. The molecule has 1 nitrogen and oxygen atoms in total. The van der Waals surface area contributed by atoms with Gasteiger partial charge in [-0.25, -0.2) is 0 Å². The van der Waals surface area contributed by atoms with E-state index in [-0.39, 0.29) is 0 Å². The van der Waals surface area contributed by atoms with E-state index in [1.165, 1.54) is 0 Å². The number of allylic oxidation sites excluding steroid dienone is 9. The summed E-state index contributed by atoms with van der Waals surface area (Å²) >= 11 is 0. The van der Waals surface area contributed by atoms with Crippen molar-refractivity contribution in [2.45, 2.75) is 20.3 Å². The van der Waals surface area contributed by atoms with Gasteiger partial charge < -0.3 is 4.74 Å². The lowest BCUT2D eigenvalue weighted by Gasteiger charge is -2.11. The summed E-state index contributed by atoms with van der Waals surface area (Å²) in [7, 11) is 0. The second-order valence-electron chi connectivity index (χ2n) is 5.01. The number of rotatable bonds is 11. The number of hydrogen-bond acceptors (Lipinski definition) is 1. The molecule has 0 aromatic rings. The molecule has 0 unspecified atom stereocenters. The highest BCUT2D eigenvalue weighted by molar-refractivity contribution is 5.47. The van der Waals surface area contributed by atoms with E-state index in [2.05, 4.69) is 39.5 Å². The van der Waals surface area contributed by atoms with E-state index < -0.39 is 0 Å². The molecule has 0 aliphatic carbocycles. The number of ether oxygens (including phenoxy) is 1. The van der Waals surface area contributed by atoms with Crippen molar-refractivity contribution in [2.24, 2.45) is 0 Å². The van der Waals surface area contributed by atoms with Crippen molar-refractivity contribution in [2.75, 3.05) is 6.61 Å². The Balaban J connectivity index is 5.13. The molecule has 0 fully saturated rings. The lowest BCUT2D eigenvalue weighted by molar-refractivity contribution is 0.252. The second kappa shape index (κ2) is 11.1. The van der Waals surface area contributed by atoms with Gasteiger partial charge in [-0.1, -0.05) is 76.3 Å². The average molecular weight is 308 g/mol. The van der Waals surface area contributed by atoms with Gasteiger partial charge in [-0.2, -0.15) is 0 Å². The van der Waals surface area contributed by atoms with E-state index in [1.807, 2.05) is 26.0 Å². The highest BCUT2D eigenvalue weighted by Gasteiger charge is 2.03. The molecule has 0 amide bonds. The zero-order chi connectivity index (χ0) is 17.8. The quantitative estimate of drug-likeness (QED) is 0.317. The molecule has 0 aliphatic heterocycles. The third-order valence-corrected chi connectivity index (χ3v) is 3.28. The molecule has 0 saturated heterocycles. The van der Waals surface area contributed by atoms with Crippen molar-refractivity contribution < 1.29 is 4.74 Å². The topological polar surface area (TPSA) is 9.23 Å². The summed E-state index contributed by atoms with van der Waals surface area (Å²) in [5, 5.41) is 0. The predicted molar refractivity (Wildman–Crippen MR) is 104 cm³/mol. The third-order valence-electron chi connectivity index (χ3n) is 3.28. The summed E-state index contributed by atoms with van der Waals surface area (Å²) in [6.45, 7) is 27.6. The standard InChI is InChI=1S/C22H28O/c1-9-17(6)14-18(7)19(8)15-20(10-2)16-23-22(13-5)21(11-3)12-4/h9-11,13-15H,1-3,5,7-8,12,16H2,4,6H3/b17-14-,20-15+,22-21-. The molecule has 0 radical (unpaired) electrons. The normalized spacial score (nSPS) is 12.8. The Morgan fingerprint density at radius 1 is 0.870 bits per heavy atom.